The van der Waals surface area contributed by atoms with Crippen molar-refractivity contribution < 1.29 is 42.7 Å². The van der Waals surface area contributed by atoms with Crippen LogP contribution in [0.3, 0.4) is 0 Å². The Bertz CT molecular complexity index is 1870. The molecule has 4 aromatic carbocycles. The van der Waals surface area contributed by atoms with Crippen LogP contribution in [0.2, 0.25) is 0 Å². The van der Waals surface area contributed by atoms with Crippen molar-refractivity contribution in [2.24, 2.45) is 0 Å². The number of nitro benzene ring substituents is 2. The van der Waals surface area contributed by atoms with Crippen molar-refractivity contribution in [3.8, 4) is 0 Å². The van der Waals surface area contributed by atoms with Gasteiger partial charge < -0.3 is 28.1 Å². The standard InChI is InChI=1S/C41H46B2N2O11/c1-38(2)39(3,4)54-42(53-38)31-17-9-27(10-18-31)35(29-13-21-33(22-14-29)44(47)48)25-51-37(46)52-26-36(30-15-23-34(24-16-30)45(49)50)28-11-19-32(20-12-28)43-55-40(5,6)41(7,8)56-43/h9-24,35-36H,25-26H2,1-8H3. The van der Waals surface area contributed by atoms with E-state index in [1.807, 2.05) is 104 Å². The van der Waals surface area contributed by atoms with Gasteiger partial charge in [0.25, 0.3) is 11.4 Å². The molecule has 2 aliphatic rings. The highest BCUT2D eigenvalue weighted by Gasteiger charge is 2.52. The van der Waals surface area contributed by atoms with Crippen LogP contribution in [0.4, 0.5) is 16.2 Å². The van der Waals surface area contributed by atoms with Crippen LogP contribution in [0.5, 0.6) is 0 Å². The third-order valence-corrected chi connectivity index (χ3v) is 11.5. The van der Waals surface area contributed by atoms with Crippen LogP contribution in [0, 0.1) is 20.2 Å². The molecule has 0 spiro atoms. The predicted molar refractivity (Wildman–Crippen MR) is 211 cm³/mol. The second kappa shape index (κ2) is 15.5. The van der Waals surface area contributed by atoms with Gasteiger partial charge >= 0.3 is 20.4 Å². The molecule has 0 aromatic heterocycles. The molecule has 2 heterocycles. The number of nitrogens with zero attached hydrogens (tertiary/aromatic N) is 2. The second-order valence-corrected chi connectivity index (χ2v) is 16.2. The Morgan fingerprint density at radius 2 is 0.768 bits per heavy atom. The Morgan fingerprint density at radius 3 is 1.02 bits per heavy atom. The van der Waals surface area contributed by atoms with E-state index in [-0.39, 0.29) is 24.6 Å². The first-order valence-corrected chi connectivity index (χ1v) is 18.5. The molecule has 2 fully saturated rings. The van der Waals surface area contributed by atoms with E-state index in [9.17, 15) is 25.0 Å². The molecule has 0 radical (unpaired) electrons. The lowest BCUT2D eigenvalue weighted by Gasteiger charge is -2.32. The molecule has 2 unspecified atom stereocenters. The van der Waals surface area contributed by atoms with E-state index in [0.29, 0.717) is 11.1 Å². The normalized spacial score (nSPS) is 18.9. The Kier molecular flexibility index (Phi) is 11.2. The summed E-state index contributed by atoms with van der Waals surface area (Å²) in [7, 11) is -1.14. The molecule has 292 valence electrons. The fourth-order valence-corrected chi connectivity index (χ4v) is 6.50. The Morgan fingerprint density at radius 1 is 0.518 bits per heavy atom. The first-order chi connectivity index (χ1) is 26.3. The third kappa shape index (κ3) is 8.51. The maximum atomic E-state index is 13.3. The van der Waals surface area contributed by atoms with Gasteiger partial charge in [0, 0.05) is 36.1 Å². The van der Waals surface area contributed by atoms with Gasteiger partial charge in [-0.2, -0.15) is 0 Å². The maximum absolute atomic E-state index is 13.3. The monoisotopic (exact) mass is 764 g/mol. The minimum Gasteiger partial charge on any atom is -0.433 e. The van der Waals surface area contributed by atoms with E-state index in [1.165, 1.54) is 24.3 Å². The number of carbonyl (C=O) groups excluding carboxylic acids is 1. The van der Waals surface area contributed by atoms with Crippen molar-refractivity contribution in [2.75, 3.05) is 13.2 Å². The smallest absolute Gasteiger partial charge is 0.433 e. The first kappa shape index (κ1) is 40.6. The zero-order valence-electron chi connectivity index (χ0n) is 32.8. The van der Waals surface area contributed by atoms with E-state index in [4.69, 9.17) is 28.1 Å². The molecule has 0 saturated carbocycles. The topological polar surface area (TPSA) is 159 Å². The molecule has 2 aliphatic heterocycles. The summed E-state index contributed by atoms with van der Waals surface area (Å²) in [6.45, 7) is 15.6. The van der Waals surface area contributed by atoms with Gasteiger partial charge in [-0.15, -0.1) is 0 Å². The van der Waals surface area contributed by atoms with Crippen LogP contribution in [-0.4, -0.2) is 65.9 Å². The summed E-state index contributed by atoms with van der Waals surface area (Å²) >= 11 is 0. The number of ether oxygens (including phenoxy) is 2. The minimum atomic E-state index is -0.925. The largest absolute Gasteiger partial charge is 0.508 e. The molecule has 15 heteroatoms. The summed E-state index contributed by atoms with van der Waals surface area (Å²) in [4.78, 5) is 35.1. The number of carbonyl (C=O) groups is 1. The van der Waals surface area contributed by atoms with Crippen molar-refractivity contribution in [3.05, 3.63) is 140 Å². The van der Waals surface area contributed by atoms with Gasteiger partial charge in [0.05, 0.1) is 32.3 Å². The summed E-state index contributed by atoms with van der Waals surface area (Å²) < 4.78 is 36.2. The fourth-order valence-electron chi connectivity index (χ4n) is 6.50. The molecule has 0 N–H and O–H groups in total. The summed E-state index contributed by atoms with van der Waals surface area (Å²) in [6, 6.07) is 27.3. The number of nitro groups is 2. The maximum Gasteiger partial charge on any atom is 0.508 e. The second-order valence-electron chi connectivity index (χ2n) is 16.2. The number of benzene rings is 4. The van der Waals surface area contributed by atoms with E-state index >= 15 is 0 Å². The summed E-state index contributed by atoms with van der Waals surface area (Å²) in [6.07, 6.45) is -0.925. The van der Waals surface area contributed by atoms with Gasteiger partial charge in [-0.3, -0.25) is 20.2 Å². The zero-order valence-corrected chi connectivity index (χ0v) is 32.8. The van der Waals surface area contributed by atoms with Crippen LogP contribution in [0.25, 0.3) is 0 Å². The van der Waals surface area contributed by atoms with Crippen molar-refractivity contribution in [1.82, 2.24) is 0 Å². The number of non-ortho nitro benzene ring substituents is 2. The number of rotatable bonds is 12. The SMILES string of the molecule is CC1(C)OB(c2ccc(C(COC(=O)OCC(c3ccc(B4OC(C)(C)C(C)(C)O4)cc3)c3ccc([N+](=O)[O-])cc3)c3ccc([N+](=O)[O-])cc3)cc2)OC1(C)C. The van der Waals surface area contributed by atoms with E-state index in [2.05, 4.69) is 0 Å². The van der Waals surface area contributed by atoms with Crippen LogP contribution < -0.4 is 10.9 Å². The average Bonchev–Trinajstić information content (AvgIpc) is 3.51. The third-order valence-electron chi connectivity index (χ3n) is 11.5. The average molecular weight is 764 g/mol. The summed E-state index contributed by atoms with van der Waals surface area (Å²) in [5.74, 6) is -0.993. The highest BCUT2D eigenvalue weighted by molar-refractivity contribution is 6.62. The van der Waals surface area contributed by atoms with Gasteiger partial charge in [0.2, 0.25) is 0 Å². The summed E-state index contributed by atoms with van der Waals surface area (Å²) in [5, 5.41) is 22.8. The molecule has 56 heavy (non-hydrogen) atoms. The van der Waals surface area contributed by atoms with Crippen LogP contribution in [0.15, 0.2) is 97.1 Å². The lowest BCUT2D eigenvalue weighted by atomic mass is 9.78. The lowest BCUT2D eigenvalue weighted by molar-refractivity contribution is -0.385. The van der Waals surface area contributed by atoms with Crippen molar-refractivity contribution in [3.63, 3.8) is 0 Å². The molecule has 0 bridgehead atoms. The number of hydrogen-bond donors (Lipinski definition) is 0. The van der Waals surface area contributed by atoms with Crippen molar-refractivity contribution >= 4 is 42.7 Å². The lowest BCUT2D eigenvalue weighted by Crippen LogP contribution is -2.41. The van der Waals surface area contributed by atoms with Crippen LogP contribution >= 0.6 is 0 Å². The molecule has 4 aromatic rings. The van der Waals surface area contributed by atoms with E-state index in [0.717, 1.165) is 22.1 Å². The minimum absolute atomic E-state index is 0.0646. The number of hydrogen-bond acceptors (Lipinski definition) is 11. The first-order valence-electron chi connectivity index (χ1n) is 18.5. The summed E-state index contributed by atoms with van der Waals surface area (Å²) in [5.41, 5.74) is 2.42. The molecule has 13 nitrogen and oxygen atoms in total. The van der Waals surface area contributed by atoms with Crippen molar-refractivity contribution in [2.45, 2.75) is 89.6 Å². The van der Waals surface area contributed by atoms with Crippen LogP contribution in [0.1, 0.15) is 89.5 Å². The molecular formula is C41H46B2N2O11. The quantitative estimate of drug-likeness (QED) is 0.0621. The highest BCUT2D eigenvalue weighted by atomic mass is 16.7. The highest BCUT2D eigenvalue weighted by Crippen LogP contribution is 2.38. The Labute approximate surface area is 327 Å². The van der Waals surface area contributed by atoms with Crippen molar-refractivity contribution in [1.29, 1.82) is 0 Å². The fraction of sp³-hybridized carbons (Fsp3) is 0.390. The van der Waals surface area contributed by atoms with Gasteiger partial charge in [-0.25, -0.2) is 4.79 Å². The van der Waals surface area contributed by atoms with Gasteiger partial charge in [-0.05, 0) is 88.6 Å². The van der Waals surface area contributed by atoms with Gasteiger partial charge in [0.15, 0.2) is 0 Å². The Hall–Kier alpha value is -5.08. The molecule has 0 aliphatic carbocycles. The molecule has 2 atom stereocenters. The van der Waals surface area contributed by atoms with Gasteiger partial charge in [0.1, 0.15) is 13.2 Å². The molecule has 6 rings (SSSR count). The van der Waals surface area contributed by atoms with Crippen LogP contribution in [-0.2, 0) is 28.1 Å². The predicted octanol–water partition coefficient (Wildman–Crippen LogP) is 7.22. The van der Waals surface area contributed by atoms with E-state index in [1.54, 1.807) is 24.3 Å². The molecule has 0 amide bonds. The molecular weight excluding hydrogens is 718 g/mol. The Balaban J connectivity index is 1.19. The van der Waals surface area contributed by atoms with E-state index < -0.39 is 64.5 Å². The molecule has 2 saturated heterocycles. The zero-order chi connectivity index (χ0) is 40.6. The van der Waals surface area contributed by atoms with Gasteiger partial charge in [-0.1, -0.05) is 72.8 Å².